The molecule has 0 saturated heterocycles. The van der Waals surface area contributed by atoms with Crippen LogP contribution in [-0.4, -0.2) is 43.2 Å². The van der Waals surface area contributed by atoms with Gasteiger partial charge in [0.2, 0.25) is 11.8 Å². The summed E-state index contributed by atoms with van der Waals surface area (Å²) in [5, 5.41) is 5.33. The minimum Gasteiger partial charge on any atom is -0.378 e. The number of hydrogen-bond donors (Lipinski definition) is 3. The lowest BCUT2D eigenvalue weighted by molar-refractivity contribution is -0.170. The van der Waals surface area contributed by atoms with Crippen molar-refractivity contribution in [1.29, 1.82) is 0 Å². The van der Waals surface area contributed by atoms with E-state index in [-0.39, 0.29) is 24.5 Å². The van der Waals surface area contributed by atoms with Crippen LogP contribution < -0.4 is 16.4 Å². The molecule has 0 aromatic rings. The van der Waals surface area contributed by atoms with Crippen LogP contribution in [0.4, 0.5) is 0 Å². The molecule has 2 atom stereocenters. The van der Waals surface area contributed by atoms with Crippen LogP contribution in [0.2, 0.25) is 0 Å². The van der Waals surface area contributed by atoms with Gasteiger partial charge in [0.05, 0.1) is 12.6 Å². The van der Waals surface area contributed by atoms with Crippen LogP contribution in [0.5, 0.6) is 0 Å². The third-order valence-electron chi connectivity index (χ3n) is 4.22. The van der Waals surface area contributed by atoms with Gasteiger partial charge in [-0.05, 0) is 13.3 Å². The average Bonchev–Trinajstić information content (AvgIpc) is 2.41. The van der Waals surface area contributed by atoms with Crippen LogP contribution in [-0.2, 0) is 14.3 Å². The summed E-state index contributed by atoms with van der Waals surface area (Å²) in [5.41, 5.74) is 4.80. The van der Waals surface area contributed by atoms with Gasteiger partial charge < -0.3 is 21.1 Å². The second kappa shape index (κ2) is 6.54. The summed E-state index contributed by atoms with van der Waals surface area (Å²) >= 11 is 0. The molecule has 1 saturated carbocycles. The van der Waals surface area contributed by atoms with Gasteiger partial charge in [-0.1, -0.05) is 20.8 Å². The predicted molar refractivity (Wildman–Crippen MR) is 77.0 cm³/mol. The molecule has 116 valence electrons. The van der Waals surface area contributed by atoms with Gasteiger partial charge in [0.1, 0.15) is 5.54 Å². The molecule has 1 aliphatic carbocycles. The molecule has 0 aromatic carbocycles. The molecular weight excluding hydrogens is 258 g/mol. The lowest BCUT2D eigenvalue weighted by Crippen LogP contribution is -2.76. The van der Waals surface area contributed by atoms with Crippen molar-refractivity contribution in [3.05, 3.63) is 0 Å². The van der Waals surface area contributed by atoms with Crippen LogP contribution in [0.25, 0.3) is 0 Å². The van der Waals surface area contributed by atoms with Crippen molar-refractivity contribution in [3.8, 4) is 0 Å². The molecule has 2 unspecified atom stereocenters. The fourth-order valence-electron chi connectivity index (χ4n) is 2.47. The zero-order valence-corrected chi connectivity index (χ0v) is 12.9. The van der Waals surface area contributed by atoms with E-state index < -0.39 is 11.0 Å². The maximum absolute atomic E-state index is 12.2. The summed E-state index contributed by atoms with van der Waals surface area (Å²) in [6, 6.07) is 0. The van der Waals surface area contributed by atoms with Gasteiger partial charge in [-0.3, -0.25) is 9.59 Å². The van der Waals surface area contributed by atoms with E-state index in [2.05, 4.69) is 10.6 Å². The fourth-order valence-corrected chi connectivity index (χ4v) is 2.47. The maximum atomic E-state index is 12.2. The Bertz CT molecular complexity index is 371. The molecule has 1 fully saturated rings. The van der Waals surface area contributed by atoms with Crippen molar-refractivity contribution in [1.82, 2.24) is 10.6 Å². The van der Waals surface area contributed by atoms with Gasteiger partial charge in [-0.2, -0.15) is 0 Å². The Labute approximate surface area is 120 Å². The topological polar surface area (TPSA) is 93.5 Å². The standard InChI is InChI=1S/C14H27N3O3/c1-5-7-16-11(18)9-17-12(19)14(15)8-10(20-6-2)13(14,3)4/h10H,5-9,15H2,1-4H3,(H,16,18)(H,17,19). The Hall–Kier alpha value is -1.14. The molecule has 0 spiro atoms. The molecule has 1 aliphatic rings. The zero-order chi connectivity index (χ0) is 15.4. The highest BCUT2D eigenvalue weighted by Crippen LogP contribution is 2.49. The van der Waals surface area contributed by atoms with E-state index in [1.807, 2.05) is 27.7 Å². The summed E-state index contributed by atoms with van der Waals surface area (Å²) in [5.74, 6) is -0.479. The number of carbonyl (C=O) groups is 2. The second-order valence-corrected chi connectivity index (χ2v) is 5.87. The highest BCUT2D eigenvalue weighted by Gasteiger charge is 2.62. The summed E-state index contributed by atoms with van der Waals surface area (Å²) in [7, 11) is 0. The van der Waals surface area contributed by atoms with Crippen molar-refractivity contribution in [2.45, 2.75) is 52.2 Å². The van der Waals surface area contributed by atoms with Crippen molar-refractivity contribution in [2.24, 2.45) is 11.1 Å². The molecule has 0 aliphatic heterocycles. The summed E-state index contributed by atoms with van der Waals surface area (Å²) in [6.45, 7) is 8.92. The Kier molecular flexibility index (Phi) is 5.53. The Morgan fingerprint density at radius 1 is 1.30 bits per heavy atom. The van der Waals surface area contributed by atoms with Gasteiger partial charge in [0, 0.05) is 25.0 Å². The molecule has 20 heavy (non-hydrogen) atoms. The van der Waals surface area contributed by atoms with Gasteiger partial charge in [0.15, 0.2) is 0 Å². The van der Waals surface area contributed by atoms with E-state index in [9.17, 15) is 9.59 Å². The molecule has 2 amide bonds. The van der Waals surface area contributed by atoms with Gasteiger partial charge >= 0.3 is 0 Å². The van der Waals surface area contributed by atoms with Crippen LogP contribution in [0, 0.1) is 5.41 Å². The largest absolute Gasteiger partial charge is 0.378 e. The highest BCUT2D eigenvalue weighted by molar-refractivity contribution is 5.92. The Morgan fingerprint density at radius 2 is 1.95 bits per heavy atom. The van der Waals surface area contributed by atoms with E-state index >= 15 is 0 Å². The normalized spacial score (nSPS) is 27.6. The first-order valence-electron chi connectivity index (χ1n) is 7.25. The molecule has 0 aromatic heterocycles. The maximum Gasteiger partial charge on any atom is 0.241 e. The molecule has 0 radical (unpaired) electrons. The minimum absolute atomic E-state index is 0.0165. The molecule has 4 N–H and O–H groups in total. The number of carbonyl (C=O) groups excluding carboxylic acids is 2. The van der Waals surface area contributed by atoms with E-state index in [0.29, 0.717) is 19.6 Å². The van der Waals surface area contributed by atoms with Crippen LogP contribution in [0.1, 0.15) is 40.5 Å². The van der Waals surface area contributed by atoms with Gasteiger partial charge in [0.25, 0.3) is 0 Å². The minimum atomic E-state index is -0.974. The molecule has 1 rings (SSSR count). The Morgan fingerprint density at radius 3 is 2.45 bits per heavy atom. The fraction of sp³-hybridized carbons (Fsp3) is 0.857. The molecule has 6 nitrogen and oxygen atoms in total. The van der Waals surface area contributed by atoms with Crippen molar-refractivity contribution >= 4 is 11.8 Å². The zero-order valence-electron chi connectivity index (χ0n) is 12.9. The van der Waals surface area contributed by atoms with Gasteiger partial charge in [-0.15, -0.1) is 0 Å². The van der Waals surface area contributed by atoms with Crippen LogP contribution in [0.3, 0.4) is 0 Å². The predicted octanol–water partition coefficient (Wildman–Crippen LogP) is 0.161. The quantitative estimate of drug-likeness (QED) is 0.621. The number of hydrogen-bond acceptors (Lipinski definition) is 4. The number of nitrogens with two attached hydrogens (primary N) is 1. The molecule has 6 heteroatoms. The summed E-state index contributed by atoms with van der Waals surface area (Å²) < 4.78 is 5.58. The van der Waals surface area contributed by atoms with E-state index in [0.717, 1.165) is 6.42 Å². The Balaban J connectivity index is 2.50. The third kappa shape index (κ3) is 3.12. The lowest BCUT2D eigenvalue weighted by atomic mass is 9.54. The summed E-state index contributed by atoms with van der Waals surface area (Å²) in [4.78, 5) is 23.7. The van der Waals surface area contributed by atoms with E-state index in [4.69, 9.17) is 10.5 Å². The number of ether oxygens (including phenoxy) is 1. The number of nitrogens with one attached hydrogen (secondary N) is 2. The monoisotopic (exact) mass is 285 g/mol. The van der Waals surface area contributed by atoms with E-state index in [1.165, 1.54) is 0 Å². The second-order valence-electron chi connectivity index (χ2n) is 5.87. The molecular formula is C14H27N3O3. The average molecular weight is 285 g/mol. The van der Waals surface area contributed by atoms with Gasteiger partial charge in [-0.25, -0.2) is 0 Å². The number of rotatable bonds is 7. The summed E-state index contributed by atoms with van der Waals surface area (Å²) in [6.07, 6.45) is 1.33. The van der Waals surface area contributed by atoms with E-state index in [1.54, 1.807) is 0 Å². The van der Waals surface area contributed by atoms with Crippen molar-refractivity contribution in [2.75, 3.05) is 19.7 Å². The van der Waals surface area contributed by atoms with Crippen molar-refractivity contribution in [3.63, 3.8) is 0 Å². The van der Waals surface area contributed by atoms with Crippen LogP contribution in [0.15, 0.2) is 0 Å². The van der Waals surface area contributed by atoms with Crippen molar-refractivity contribution < 1.29 is 14.3 Å². The number of amides is 2. The SMILES string of the molecule is CCCNC(=O)CNC(=O)C1(N)CC(OCC)C1(C)C. The third-order valence-corrected chi connectivity index (χ3v) is 4.22. The smallest absolute Gasteiger partial charge is 0.241 e. The molecule has 0 bridgehead atoms. The first-order chi connectivity index (χ1) is 9.29. The molecule has 0 heterocycles. The lowest BCUT2D eigenvalue weighted by Gasteiger charge is -2.57. The first kappa shape index (κ1) is 16.9. The highest BCUT2D eigenvalue weighted by atomic mass is 16.5. The van der Waals surface area contributed by atoms with Crippen LogP contribution >= 0.6 is 0 Å². The first-order valence-corrected chi connectivity index (χ1v) is 7.25.